The van der Waals surface area contributed by atoms with Gasteiger partial charge in [-0.25, -0.2) is 4.98 Å². The van der Waals surface area contributed by atoms with Crippen molar-refractivity contribution in [1.29, 1.82) is 0 Å². The minimum atomic E-state index is 0.0283. The number of nitrogens with zero attached hydrogens (tertiary/aromatic N) is 3. The van der Waals surface area contributed by atoms with E-state index in [-0.39, 0.29) is 5.54 Å². The van der Waals surface area contributed by atoms with Crippen LogP contribution in [0.4, 0.5) is 6.01 Å². The molecule has 0 bridgehead atoms. The highest BCUT2D eigenvalue weighted by Gasteiger charge is 2.12. The Balaban J connectivity index is 1.84. The average Bonchev–Trinajstić information content (AvgIpc) is 2.92. The molecule has 7 heteroatoms. The van der Waals surface area contributed by atoms with Crippen molar-refractivity contribution in [3.8, 4) is 0 Å². The molecule has 0 amide bonds. The van der Waals surface area contributed by atoms with Gasteiger partial charge in [-0.05, 0) is 27.7 Å². The summed E-state index contributed by atoms with van der Waals surface area (Å²) in [6.07, 6.45) is 0. The summed E-state index contributed by atoms with van der Waals surface area (Å²) in [6.45, 7) is 9.42. The van der Waals surface area contributed by atoms with Crippen LogP contribution in [0.1, 0.15) is 37.4 Å². The fourth-order valence-corrected chi connectivity index (χ4v) is 2.08. The van der Waals surface area contributed by atoms with Gasteiger partial charge in [0, 0.05) is 16.6 Å². The van der Waals surface area contributed by atoms with Crippen LogP contribution >= 0.6 is 11.3 Å². The molecule has 0 unspecified atom stereocenters. The minimum absolute atomic E-state index is 0.0283. The molecule has 0 saturated heterocycles. The standard InChI is InChI=1S/C12H19N5OS/c1-8-7-19-10(15-8)6-13-11-17-16-9(18-11)5-14-12(2,3)4/h7,14H,5-6H2,1-4H3,(H,13,17). The number of hydrogen-bond donors (Lipinski definition) is 2. The maximum absolute atomic E-state index is 5.49. The van der Waals surface area contributed by atoms with Crippen molar-refractivity contribution in [1.82, 2.24) is 20.5 Å². The predicted molar refractivity (Wildman–Crippen MR) is 75.1 cm³/mol. The Morgan fingerprint density at radius 3 is 2.68 bits per heavy atom. The molecule has 2 rings (SSSR count). The molecule has 2 heterocycles. The second-order valence-electron chi connectivity index (χ2n) is 5.34. The van der Waals surface area contributed by atoms with Crippen molar-refractivity contribution >= 4 is 17.4 Å². The van der Waals surface area contributed by atoms with E-state index in [9.17, 15) is 0 Å². The molecule has 0 spiro atoms. The summed E-state index contributed by atoms with van der Waals surface area (Å²) in [5, 5.41) is 17.3. The second-order valence-corrected chi connectivity index (χ2v) is 6.28. The van der Waals surface area contributed by atoms with Crippen LogP contribution in [0.15, 0.2) is 9.80 Å². The summed E-state index contributed by atoms with van der Waals surface area (Å²) in [5.41, 5.74) is 1.06. The van der Waals surface area contributed by atoms with Gasteiger partial charge < -0.3 is 15.1 Å². The Labute approximate surface area is 116 Å². The molecule has 0 aliphatic heterocycles. The summed E-state index contributed by atoms with van der Waals surface area (Å²) in [4.78, 5) is 4.35. The molecule has 0 atom stereocenters. The first-order valence-electron chi connectivity index (χ1n) is 6.15. The Kier molecular flexibility index (Phi) is 4.16. The zero-order valence-corrected chi connectivity index (χ0v) is 12.5. The predicted octanol–water partition coefficient (Wildman–Crippen LogP) is 2.33. The van der Waals surface area contributed by atoms with Crippen LogP contribution in [-0.2, 0) is 13.1 Å². The molecule has 2 N–H and O–H groups in total. The first-order chi connectivity index (χ1) is 8.92. The van der Waals surface area contributed by atoms with Gasteiger partial charge in [0.2, 0.25) is 5.89 Å². The summed E-state index contributed by atoms with van der Waals surface area (Å²) in [6, 6.07) is 0.429. The smallest absolute Gasteiger partial charge is 0.315 e. The Hall–Kier alpha value is -1.47. The second kappa shape index (κ2) is 5.66. The fraction of sp³-hybridized carbons (Fsp3) is 0.583. The largest absolute Gasteiger partial charge is 0.407 e. The topological polar surface area (TPSA) is 75.9 Å². The third-order valence-electron chi connectivity index (χ3n) is 2.29. The van der Waals surface area contributed by atoms with Crippen molar-refractivity contribution in [3.05, 3.63) is 22.0 Å². The van der Waals surface area contributed by atoms with Crippen LogP contribution in [0, 0.1) is 6.92 Å². The van der Waals surface area contributed by atoms with E-state index in [0.29, 0.717) is 25.0 Å². The van der Waals surface area contributed by atoms with Crippen LogP contribution in [0.3, 0.4) is 0 Å². The Morgan fingerprint density at radius 1 is 1.26 bits per heavy atom. The van der Waals surface area contributed by atoms with Gasteiger partial charge in [0.05, 0.1) is 13.1 Å². The van der Waals surface area contributed by atoms with Gasteiger partial charge in [0.25, 0.3) is 0 Å². The van der Waals surface area contributed by atoms with E-state index in [1.165, 1.54) is 0 Å². The molecule has 0 fully saturated rings. The third kappa shape index (κ3) is 4.60. The number of hydrogen-bond acceptors (Lipinski definition) is 7. The van der Waals surface area contributed by atoms with Gasteiger partial charge in [-0.3, -0.25) is 0 Å². The van der Waals surface area contributed by atoms with Gasteiger partial charge in [-0.1, -0.05) is 5.10 Å². The molecule has 0 aliphatic carbocycles. The normalized spacial score (nSPS) is 11.8. The maximum Gasteiger partial charge on any atom is 0.315 e. The van der Waals surface area contributed by atoms with E-state index in [0.717, 1.165) is 10.7 Å². The monoisotopic (exact) mass is 281 g/mol. The highest BCUT2D eigenvalue weighted by Crippen LogP contribution is 2.12. The van der Waals surface area contributed by atoms with Crippen LogP contribution in [0.25, 0.3) is 0 Å². The number of aryl methyl sites for hydroxylation is 1. The lowest BCUT2D eigenvalue weighted by atomic mass is 10.1. The first-order valence-corrected chi connectivity index (χ1v) is 7.03. The lowest BCUT2D eigenvalue weighted by molar-refractivity contribution is 0.383. The zero-order valence-electron chi connectivity index (χ0n) is 11.6. The van der Waals surface area contributed by atoms with Crippen LogP contribution in [0.5, 0.6) is 0 Å². The zero-order chi connectivity index (χ0) is 13.9. The van der Waals surface area contributed by atoms with Crippen molar-refractivity contribution < 1.29 is 4.42 Å². The molecular weight excluding hydrogens is 262 g/mol. The average molecular weight is 281 g/mol. The number of anilines is 1. The molecule has 104 valence electrons. The van der Waals surface area contributed by atoms with Gasteiger partial charge in [-0.2, -0.15) is 0 Å². The molecule has 2 aromatic rings. The van der Waals surface area contributed by atoms with Crippen molar-refractivity contribution in [2.45, 2.75) is 46.3 Å². The third-order valence-corrected chi connectivity index (χ3v) is 3.26. The molecule has 2 aromatic heterocycles. The molecular formula is C12H19N5OS. The van der Waals surface area contributed by atoms with Gasteiger partial charge in [-0.15, -0.1) is 16.4 Å². The minimum Gasteiger partial charge on any atom is -0.407 e. The van der Waals surface area contributed by atoms with Crippen molar-refractivity contribution in [3.63, 3.8) is 0 Å². The Bertz CT molecular complexity index is 528. The number of thiazole rings is 1. The van der Waals surface area contributed by atoms with E-state index >= 15 is 0 Å². The summed E-state index contributed by atoms with van der Waals surface area (Å²) in [5.74, 6) is 0.577. The Morgan fingerprint density at radius 2 is 2.05 bits per heavy atom. The number of rotatable bonds is 5. The summed E-state index contributed by atoms with van der Waals surface area (Å²) in [7, 11) is 0. The number of nitrogens with one attached hydrogen (secondary N) is 2. The fourth-order valence-electron chi connectivity index (χ4n) is 1.37. The lowest BCUT2D eigenvalue weighted by Crippen LogP contribution is -2.35. The highest BCUT2D eigenvalue weighted by atomic mass is 32.1. The molecule has 0 radical (unpaired) electrons. The summed E-state index contributed by atoms with van der Waals surface area (Å²) < 4.78 is 5.49. The van der Waals surface area contributed by atoms with Crippen molar-refractivity contribution in [2.75, 3.05) is 5.32 Å². The first kappa shape index (κ1) is 14.0. The highest BCUT2D eigenvalue weighted by molar-refractivity contribution is 7.09. The van der Waals surface area contributed by atoms with E-state index in [1.807, 2.05) is 12.3 Å². The number of aromatic nitrogens is 3. The molecule has 0 aromatic carbocycles. The maximum atomic E-state index is 5.49. The quantitative estimate of drug-likeness (QED) is 0.876. The van der Waals surface area contributed by atoms with Crippen LogP contribution < -0.4 is 10.6 Å². The van der Waals surface area contributed by atoms with E-state index < -0.39 is 0 Å². The van der Waals surface area contributed by atoms with E-state index in [1.54, 1.807) is 11.3 Å². The van der Waals surface area contributed by atoms with Gasteiger partial charge >= 0.3 is 6.01 Å². The van der Waals surface area contributed by atoms with Crippen molar-refractivity contribution in [2.24, 2.45) is 0 Å². The molecule has 6 nitrogen and oxygen atoms in total. The van der Waals surface area contributed by atoms with E-state index in [4.69, 9.17) is 4.42 Å². The van der Waals surface area contributed by atoms with Gasteiger partial charge in [0.15, 0.2) is 0 Å². The van der Waals surface area contributed by atoms with Gasteiger partial charge in [0.1, 0.15) is 5.01 Å². The van der Waals surface area contributed by atoms with Crippen LogP contribution in [-0.4, -0.2) is 20.7 Å². The molecule has 19 heavy (non-hydrogen) atoms. The molecule has 0 aliphatic rings. The van der Waals surface area contributed by atoms with E-state index in [2.05, 4.69) is 46.6 Å². The van der Waals surface area contributed by atoms with Crippen LogP contribution in [0.2, 0.25) is 0 Å². The molecule has 0 saturated carbocycles. The SMILES string of the molecule is Cc1csc(CNc2nnc(CNC(C)(C)C)o2)n1. The summed E-state index contributed by atoms with van der Waals surface area (Å²) >= 11 is 1.61. The lowest BCUT2D eigenvalue weighted by Gasteiger charge is -2.18.